The summed E-state index contributed by atoms with van der Waals surface area (Å²) in [6.07, 6.45) is 2.18. The smallest absolute Gasteiger partial charge is 0.128 e. The van der Waals surface area contributed by atoms with E-state index in [1.165, 1.54) is 6.07 Å². The highest BCUT2D eigenvalue weighted by Crippen LogP contribution is 2.22. The minimum absolute atomic E-state index is 0. The van der Waals surface area contributed by atoms with Crippen LogP contribution in [0.1, 0.15) is 18.4 Å². The number of piperidine rings is 1. The number of nitrogens with zero attached hydrogens (tertiary/aromatic N) is 1. The summed E-state index contributed by atoms with van der Waals surface area (Å²) in [4.78, 5) is 2.22. The molecule has 96 valence electrons. The molecule has 0 aliphatic carbocycles. The van der Waals surface area contributed by atoms with Crippen molar-refractivity contribution in [1.29, 1.82) is 0 Å². The van der Waals surface area contributed by atoms with Gasteiger partial charge in [0, 0.05) is 29.2 Å². The lowest BCUT2D eigenvalue weighted by atomic mass is 10.1. The molecule has 1 aromatic carbocycles. The molecule has 2 N–H and O–H groups in total. The fourth-order valence-corrected chi connectivity index (χ4v) is 2.61. The zero-order valence-corrected chi connectivity index (χ0v) is 11.9. The Morgan fingerprint density at radius 1 is 1.47 bits per heavy atom. The summed E-state index contributed by atoms with van der Waals surface area (Å²) in [5.41, 5.74) is 6.64. The molecule has 2 rings (SSSR count). The van der Waals surface area contributed by atoms with Gasteiger partial charge in [0.25, 0.3) is 0 Å². The van der Waals surface area contributed by atoms with Gasteiger partial charge in [-0.15, -0.1) is 12.4 Å². The van der Waals surface area contributed by atoms with Crippen molar-refractivity contribution in [2.75, 3.05) is 13.1 Å². The van der Waals surface area contributed by atoms with Crippen LogP contribution in [0.2, 0.25) is 0 Å². The highest BCUT2D eigenvalue weighted by molar-refractivity contribution is 9.10. The van der Waals surface area contributed by atoms with Crippen molar-refractivity contribution in [3.63, 3.8) is 0 Å². The van der Waals surface area contributed by atoms with Gasteiger partial charge in [-0.1, -0.05) is 22.0 Å². The molecule has 0 amide bonds. The summed E-state index contributed by atoms with van der Waals surface area (Å²) in [7, 11) is 0. The molecular formula is C12H17BrClFN2. The molecule has 0 unspecified atom stereocenters. The van der Waals surface area contributed by atoms with Crippen molar-refractivity contribution < 1.29 is 4.39 Å². The molecule has 1 saturated heterocycles. The molecule has 0 spiro atoms. The van der Waals surface area contributed by atoms with Crippen molar-refractivity contribution in [3.8, 4) is 0 Å². The second-order valence-corrected chi connectivity index (χ2v) is 5.19. The summed E-state index contributed by atoms with van der Waals surface area (Å²) >= 11 is 3.39. The first-order valence-electron chi connectivity index (χ1n) is 5.57. The van der Waals surface area contributed by atoms with E-state index in [1.807, 2.05) is 6.07 Å². The Hall–Kier alpha value is -0.160. The normalized spacial score (nSPS) is 21.0. The summed E-state index contributed by atoms with van der Waals surface area (Å²) in [5.74, 6) is -0.145. The molecule has 1 atom stereocenters. The van der Waals surface area contributed by atoms with Crippen molar-refractivity contribution in [1.82, 2.24) is 4.90 Å². The maximum absolute atomic E-state index is 13.6. The van der Waals surface area contributed by atoms with Gasteiger partial charge in [0.15, 0.2) is 0 Å². The topological polar surface area (TPSA) is 29.3 Å². The maximum Gasteiger partial charge on any atom is 0.128 e. The minimum atomic E-state index is -0.145. The van der Waals surface area contributed by atoms with Crippen LogP contribution in [0.5, 0.6) is 0 Å². The molecular weight excluding hydrogens is 307 g/mol. The molecule has 1 aliphatic heterocycles. The Morgan fingerprint density at radius 3 is 2.88 bits per heavy atom. The number of rotatable bonds is 2. The van der Waals surface area contributed by atoms with E-state index in [1.54, 1.807) is 6.07 Å². The third-order valence-electron chi connectivity index (χ3n) is 2.99. The maximum atomic E-state index is 13.6. The molecule has 5 heteroatoms. The van der Waals surface area contributed by atoms with Crippen molar-refractivity contribution in [3.05, 3.63) is 34.1 Å². The fourth-order valence-electron chi connectivity index (χ4n) is 2.14. The fraction of sp³-hybridized carbons (Fsp3) is 0.500. The van der Waals surface area contributed by atoms with Crippen LogP contribution in [0.15, 0.2) is 22.7 Å². The lowest BCUT2D eigenvalue weighted by Gasteiger charge is -2.30. The van der Waals surface area contributed by atoms with E-state index < -0.39 is 0 Å². The van der Waals surface area contributed by atoms with Crippen LogP contribution in [0.4, 0.5) is 4.39 Å². The van der Waals surface area contributed by atoms with Crippen molar-refractivity contribution in [2.24, 2.45) is 5.73 Å². The third-order valence-corrected chi connectivity index (χ3v) is 3.73. The number of hydrogen-bond donors (Lipinski definition) is 1. The van der Waals surface area contributed by atoms with Gasteiger partial charge >= 0.3 is 0 Å². The van der Waals surface area contributed by atoms with Crippen LogP contribution in [0.25, 0.3) is 0 Å². The quantitative estimate of drug-likeness (QED) is 0.907. The van der Waals surface area contributed by atoms with Gasteiger partial charge in [-0.25, -0.2) is 4.39 Å². The molecule has 2 nitrogen and oxygen atoms in total. The van der Waals surface area contributed by atoms with Crippen LogP contribution in [-0.4, -0.2) is 24.0 Å². The Bertz CT molecular complexity index is 355. The van der Waals surface area contributed by atoms with E-state index in [9.17, 15) is 4.39 Å². The van der Waals surface area contributed by atoms with Gasteiger partial charge in [-0.2, -0.15) is 0 Å². The molecule has 0 bridgehead atoms. The number of likely N-dealkylation sites (tertiary alicyclic amines) is 1. The first-order valence-corrected chi connectivity index (χ1v) is 6.37. The molecule has 1 fully saturated rings. The average molecular weight is 324 g/mol. The van der Waals surface area contributed by atoms with Gasteiger partial charge < -0.3 is 5.73 Å². The van der Waals surface area contributed by atoms with Crippen LogP contribution >= 0.6 is 28.3 Å². The molecule has 17 heavy (non-hydrogen) atoms. The average Bonchev–Trinajstić information content (AvgIpc) is 2.24. The summed E-state index contributed by atoms with van der Waals surface area (Å²) in [6, 6.07) is 5.33. The zero-order chi connectivity index (χ0) is 11.5. The van der Waals surface area contributed by atoms with Gasteiger partial charge in [-0.3, -0.25) is 4.90 Å². The van der Waals surface area contributed by atoms with Gasteiger partial charge in [0.2, 0.25) is 0 Å². The Balaban J connectivity index is 0.00000144. The highest BCUT2D eigenvalue weighted by Gasteiger charge is 2.18. The zero-order valence-electron chi connectivity index (χ0n) is 9.53. The van der Waals surface area contributed by atoms with Crippen LogP contribution in [0, 0.1) is 5.82 Å². The second kappa shape index (κ2) is 6.69. The molecule has 1 heterocycles. The minimum Gasteiger partial charge on any atom is -0.327 e. The number of hydrogen-bond acceptors (Lipinski definition) is 2. The summed E-state index contributed by atoms with van der Waals surface area (Å²) in [6.45, 7) is 2.51. The van der Waals surface area contributed by atoms with Gasteiger partial charge in [0.05, 0.1) is 0 Å². The monoisotopic (exact) mass is 322 g/mol. The van der Waals surface area contributed by atoms with Crippen LogP contribution in [-0.2, 0) is 6.54 Å². The lowest BCUT2D eigenvalue weighted by molar-refractivity contribution is 0.199. The van der Waals surface area contributed by atoms with E-state index in [-0.39, 0.29) is 24.3 Å². The predicted molar refractivity (Wildman–Crippen MR) is 73.8 cm³/mol. The van der Waals surface area contributed by atoms with Crippen molar-refractivity contribution >= 4 is 28.3 Å². The Morgan fingerprint density at radius 2 is 2.24 bits per heavy atom. The third kappa shape index (κ3) is 3.91. The van der Waals surface area contributed by atoms with Crippen LogP contribution in [0.3, 0.4) is 0 Å². The van der Waals surface area contributed by atoms with Gasteiger partial charge in [-0.05, 0) is 31.5 Å². The number of halogens is 3. The summed E-state index contributed by atoms with van der Waals surface area (Å²) in [5, 5.41) is 0. The Kier molecular flexibility index (Phi) is 5.86. The molecule has 0 saturated carbocycles. The van der Waals surface area contributed by atoms with Crippen molar-refractivity contribution in [2.45, 2.75) is 25.4 Å². The molecule has 0 aromatic heterocycles. The molecule has 1 aromatic rings. The largest absolute Gasteiger partial charge is 0.327 e. The van der Waals surface area contributed by atoms with E-state index in [0.29, 0.717) is 6.54 Å². The van der Waals surface area contributed by atoms with E-state index >= 15 is 0 Å². The van der Waals surface area contributed by atoms with E-state index in [0.717, 1.165) is 36.0 Å². The predicted octanol–water partition coefficient (Wildman–Crippen LogP) is 2.93. The Labute approximate surface area is 116 Å². The summed E-state index contributed by atoms with van der Waals surface area (Å²) < 4.78 is 14.5. The first-order chi connectivity index (χ1) is 7.66. The molecule has 0 radical (unpaired) electrons. The van der Waals surface area contributed by atoms with E-state index in [4.69, 9.17) is 5.73 Å². The standard InChI is InChI=1S/C12H16BrFN2.ClH/c13-11-4-1-5-12(14)10(11)8-16-6-2-3-9(15)7-16;/h1,4-5,9H,2-3,6-8,15H2;1H/t9-;/m0./s1. The lowest BCUT2D eigenvalue weighted by Crippen LogP contribution is -2.42. The highest BCUT2D eigenvalue weighted by atomic mass is 79.9. The second-order valence-electron chi connectivity index (χ2n) is 4.34. The molecule has 1 aliphatic rings. The number of benzene rings is 1. The SMILES string of the molecule is Cl.N[C@H]1CCCN(Cc2c(F)cccc2Br)C1. The number of nitrogens with two attached hydrogens (primary N) is 1. The van der Waals surface area contributed by atoms with E-state index in [2.05, 4.69) is 20.8 Å². The first kappa shape index (κ1) is 14.9. The van der Waals surface area contributed by atoms with Crippen LogP contribution < -0.4 is 5.73 Å². The van der Waals surface area contributed by atoms with Gasteiger partial charge in [0.1, 0.15) is 5.82 Å².